The van der Waals surface area contributed by atoms with Gasteiger partial charge in [0.25, 0.3) is 11.8 Å². The van der Waals surface area contributed by atoms with Crippen LogP contribution in [0.25, 0.3) is 0 Å². The first-order valence-electron chi connectivity index (χ1n) is 10.9. The third-order valence-corrected chi connectivity index (χ3v) is 7.93. The maximum atomic E-state index is 13.4. The average molecular weight is 513 g/mol. The molecule has 2 saturated heterocycles. The van der Waals surface area contributed by atoms with E-state index in [1.807, 2.05) is 0 Å². The van der Waals surface area contributed by atoms with Crippen molar-refractivity contribution >= 4 is 68.4 Å². The van der Waals surface area contributed by atoms with Gasteiger partial charge in [0.15, 0.2) is 11.5 Å². The van der Waals surface area contributed by atoms with Gasteiger partial charge in [0.2, 0.25) is 0 Å². The van der Waals surface area contributed by atoms with Crippen LogP contribution in [-0.4, -0.2) is 68.1 Å². The number of thioether (sulfide) groups is 2. The number of ether oxygens (including phenoxy) is 2. The normalized spacial score (nSPS) is 16.1. The van der Waals surface area contributed by atoms with Crippen molar-refractivity contribution in [3.8, 4) is 11.5 Å². The highest BCUT2D eigenvalue weighted by Gasteiger charge is 2.33. The minimum atomic E-state index is -0.224. The van der Waals surface area contributed by atoms with Crippen molar-refractivity contribution in [1.82, 2.24) is 9.80 Å². The highest BCUT2D eigenvalue weighted by molar-refractivity contribution is 8.23. The van der Waals surface area contributed by atoms with Crippen molar-refractivity contribution in [2.45, 2.75) is 39.5 Å². The Hall–Kier alpha value is -1.36. The SMILES string of the molecule is CCCCOc1c(C(=O)N2CCSC2=S)ccc(C(=O)N2CCSC2=S)c1OCCCC. The summed E-state index contributed by atoms with van der Waals surface area (Å²) in [6, 6.07) is 3.31. The van der Waals surface area contributed by atoms with E-state index in [9.17, 15) is 9.59 Å². The Morgan fingerprint density at radius 3 is 1.56 bits per heavy atom. The highest BCUT2D eigenvalue weighted by Crippen LogP contribution is 2.39. The van der Waals surface area contributed by atoms with Crippen molar-refractivity contribution in [2.75, 3.05) is 37.8 Å². The molecule has 174 valence electrons. The minimum Gasteiger partial charge on any atom is -0.489 e. The van der Waals surface area contributed by atoms with Gasteiger partial charge < -0.3 is 9.47 Å². The molecule has 32 heavy (non-hydrogen) atoms. The number of carbonyl (C=O) groups is 2. The van der Waals surface area contributed by atoms with E-state index in [0.29, 0.717) is 57.6 Å². The van der Waals surface area contributed by atoms with E-state index in [1.54, 1.807) is 21.9 Å². The molecular weight excluding hydrogens is 485 g/mol. The summed E-state index contributed by atoms with van der Waals surface area (Å²) < 4.78 is 13.3. The molecule has 0 atom stereocenters. The van der Waals surface area contributed by atoms with Gasteiger partial charge in [0, 0.05) is 24.6 Å². The summed E-state index contributed by atoms with van der Waals surface area (Å²) in [5.74, 6) is 1.75. The molecule has 2 fully saturated rings. The zero-order chi connectivity index (χ0) is 23.1. The molecule has 2 aliphatic rings. The summed E-state index contributed by atoms with van der Waals surface area (Å²) >= 11 is 13.7. The largest absolute Gasteiger partial charge is 0.489 e. The predicted molar refractivity (Wildman–Crippen MR) is 139 cm³/mol. The molecule has 10 heteroatoms. The van der Waals surface area contributed by atoms with E-state index in [1.165, 1.54) is 23.5 Å². The molecule has 2 heterocycles. The molecule has 0 unspecified atom stereocenters. The van der Waals surface area contributed by atoms with Crippen LogP contribution in [0.15, 0.2) is 12.1 Å². The molecule has 0 N–H and O–H groups in total. The number of unbranched alkanes of at least 4 members (excludes halogenated alkanes) is 2. The van der Waals surface area contributed by atoms with Crippen LogP contribution in [0.5, 0.6) is 11.5 Å². The topological polar surface area (TPSA) is 59.1 Å². The molecule has 0 spiro atoms. The second-order valence-electron chi connectivity index (χ2n) is 7.37. The van der Waals surface area contributed by atoms with Gasteiger partial charge in [-0.1, -0.05) is 74.6 Å². The number of carbonyl (C=O) groups excluding carboxylic acids is 2. The zero-order valence-corrected chi connectivity index (χ0v) is 21.7. The van der Waals surface area contributed by atoms with Crippen LogP contribution < -0.4 is 9.47 Å². The predicted octanol–water partition coefficient (Wildman–Crippen LogP) is 4.99. The van der Waals surface area contributed by atoms with E-state index in [4.69, 9.17) is 33.9 Å². The highest BCUT2D eigenvalue weighted by atomic mass is 32.2. The van der Waals surface area contributed by atoms with E-state index in [2.05, 4.69) is 13.8 Å². The summed E-state index contributed by atoms with van der Waals surface area (Å²) in [5.41, 5.74) is 0.736. The van der Waals surface area contributed by atoms with Crippen molar-refractivity contribution in [3.05, 3.63) is 23.3 Å². The molecule has 3 rings (SSSR count). The molecule has 2 amide bonds. The summed E-state index contributed by atoms with van der Waals surface area (Å²) in [6.07, 6.45) is 3.54. The quantitative estimate of drug-likeness (QED) is 0.321. The smallest absolute Gasteiger partial charge is 0.263 e. The van der Waals surface area contributed by atoms with Gasteiger partial charge >= 0.3 is 0 Å². The van der Waals surface area contributed by atoms with Gasteiger partial charge in [0.05, 0.1) is 24.3 Å². The minimum absolute atomic E-state index is 0.224. The summed E-state index contributed by atoms with van der Waals surface area (Å²) in [5, 5.41) is 0. The van der Waals surface area contributed by atoms with Gasteiger partial charge in [-0.15, -0.1) is 0 Å². The van der Waals surface area contributed by atoms with Gasteiger partial charge in [0.1, 0.15) is 8.64 Å². The standard InChI is InChI=1S/C22H28N2O4S4/c1-3-5-11-27-17-15(19(25)23-9-13-31-21(23)29)7-8-16(18(17)28-12-6-4-2)20(26)24-10-14-32-22(24)30/h7-8H,3-6,9-14H2,1-2H3. The number of benzene rings is 1. The third-order valence-electron chi connectivity index (χ3n) is 5.07. The summed E-state index contributed by atoms with van der Waals surface area (Å²) in [4.78, 5) is 29.9. The van der Waals surface area contributed by atoms with Crippen LogP contribution in [0.2, 0.25) is 0 Å². The average Bonchev–Trinajstić information content (AvgIpc) is 3.41. The Labute approximate surface area is 208 Å². The molecule has 0 bridgehead atoms. The first-order valence-corrected chi connectivity index (χ1v) is 13.7. The Bertz CT molecular complexity index is 822. The number of hydrogen-bond donors (Lipinski definition) is 0. The van der Waals surface area contributed by atoms with Gasteiger partial charge in [-0.3, -0.25) is 19.4 Å². The van der Waals surface area contributed by atoms with Crippen LogP contribution in [0.1, 0.15) is 60.2 Å². The second-order valence-corrected chi connectivity index (χ2v) is 10.8. The third kappa shape index (κ3) is 5.76. The first-order chi connectivity index (χ1) is 15.5. The molecule has 0 aromatic heterocycles. The molecule has 6 nitrogen and oxygen atoms in total. The number of nitrogens with zero attached hydrogens (tertiary/aromatic N) is 2. The van der Waals surface area contributed by atoms with E-state index in [-0.39, 0.29) is 11.8 Å². The van der Waals surface area contributed by atoms with Crippen molar-refractivity contribution < 1.29 is 19.1 Å². The maximum absolute atomic E-state index is 13.4. The number of hydrogen-bond acceptors (Lipinski definition) is 8. The Balaban J connectivity index is 2.05. The van der Waals surface area contributed by atoms with Crippen molar-refractivity contribution in [2.24, 2.45) is 0 Å². The Morgan fingerprint density at radius 1 is 0.844 bits per heavy atom. The fourth-order valence-electron chi connectivity index (χ4n) is 3.27. The van der Waals surface area contributed by atoms with Gasteiger partial charge in [-0.2, -0.15) is 0 Å². The van der Waals surface area contributed by atoms with E-state index in [0.717, 1.165) is 37.2 Å². The van der Waals surface area contributed by atoms with Gasteiger partial charge in [-0.05, 0) is 25.0 Å². The summed E-state index contributed by atoms with van der Waals surface area (Å²) in [7, 11) is 0. The lowest BCUT2D eigenvalue weighted by Gasteiger charge is -2.23. The molecule has 0 radical (unpaired) electrons. The lowest BCUT2D eigenvalue weighted by atomic mass is 10.1. The zero-order valence-electron chi connectivity index (χ0n) is 18.4. The van der Waals surface area contributed by atoms with Gasteiger partial charge in [-0.25, -0.2) is 0 Å². The molecule has 1 aromatic carbocycles. The van der Waals surface area contributed by atoms with Crippen LogP contribution in [0.3, 0.4) is 0 Å². The van der Waals surface area contributed by atoms with E-state index >= 15 is 0 Å². The Morgan fingerprint density at radius 2 is 1.25 bits per heavy atom. The molecule has 0 saturated carbocycles. The molecule has 0 aliphatic carbocycles. The van der Waals surface area contributed by atoms with Crippen LogP contribution in [0, 0.1) is 0 Å². The molecule has 2 aliphatic heterocycles. The maximum Gasteiger partial charge on any atom is 0.263 e. The fourth-order valence-corrected chi connectivity index (χ4v) is 5.68. The van der Waals surface area contributed by atoms with Crippen molar-refractivity contribution in [1.29, 1.82) is 0 Å². The van der Waals surface area contributed by atoms with E-state index < -0.39 is 0 Å². The molecular formula is C22H28N2O4S4. The lowest BCUT2D eigenvalue weighted by molar-refractivity contribution is 0.0840. The second kappa shape index (κ2) is 12.2. The molecule has 1 aromatic rings. The monoisotopic (exact) mass is 512 g/mol. The Kier molecular flexibility index (Phi) is 9.63. The van der Waals surface area contributed by atoms with Crippen LogP contribution in [0.4, 0.5) is 0 Å². The fraction of sp³-hybridized carbons (Fsp3) is 0.545. The lowest BCUT2D eigenvalue weighted by Crippen LogP contribution is -2.33. The van der Waals surface area contributed by atoms with Crippen LogP contribution >= 0.6 is 48.0 Å². The number of thiocarbonyl (C=S) groups is 2. The van der Waals surface area contributed by atoms with Crippen molar-refractivity contribution in [3.63, 3.8) is 0 Å². The number of amides is 2. The number of rotatable bonds is 10. The summed E-state index contributed by atoms with van der Waals surface area (Å²) in [6.45, 7) is 6.11. The first kappa shape index (κ1) is 25.3. The van der Waals surface area contributed by atoms with Crippen LogP contribution in [-0.2, 0) is 0 Å².